The summed E-state index contributed by atoms with van der Waals surface area (Å²) in [6.07, 6.45) is 2.64. The molecule has 0 bridgehead atoms. The lowest BCUT2D eigenvalue weighted by molar-refractivity contribution is -0.119. The minimum absolute atomic E-state index is 0.171. The Morgan fingerprint density at radius 1 is 1.33 bits per heavy atom. The second kappa shape index (κ2) is 7.46. The molecule has 2 rings (SSSR count). The number of hydrogen-bond donors (Lipinski definition) is 2. The molecule has 4 heteroatoms. The number of rotatable bonds is 6. The molecule has 116 valence electrons. The molecule has 1 aliphatic heterocycles. The number of nitrogens with one attached hydrogen (secondary N) is 1. The molecule has 0 saturated carbocycles. The highest BCUT2D eigenvalue weighted by Gasteiger charge is 2.20. The maximum absolute atomic E-state index is 11.0. The molecule has 1 atom stereocenters. The predicted octanol–water partition coefficient (Wildman–Crippen LogP) is 2.45. The summed E-state index contributed by atoms with van der Waals surface area (Å²) < 4.78 is 0. The predicted molar refractivity (Wildman–Crippen MR) is 87.3 cm³/mol. The number of carbonyl (C=O) groups excluding carboxylic acids is 1. The molecule has 1 saturated heterocycles. The Balaban J connectivity index is 1.90. The average Bonchev–Trinajstić information content (AvgIpc) is 2.48. The normalized spacial score (nSPS) is 17.7. The van der Waals surface area contributed by atoms with Gasteiger partial charge in [0.2, 0.25) is 5.91 Å². The van der Waals surface area contributed by atoms with Crippen LogP contribution in [0.15, 0.2) is 24.3 Å². The second-order valence-corrected chi connectivity index (χ2v) is 5.97. The van der Waals surface area contributed by atoms with E-state index in [0.717, 1.165) is 32.5 Å². The van der Waals surface area contributed by atoms with Crippen LogP contribution in [0.4, 0.5) is 5.69 Å². The molecule has 1 heterocycles. The van der Waals surface area contributed by atoms with Crippen molar-refractivity contribution >= 4 is 11.6 Å². The maximum Gasteiger partial charge on any atom is 0.217 e. The van der Waals surface area contributed by atoms with E-state index in [1.807, 2.05) is 0 Å². The van der Waals surface area contributed by atoms with Crippen molar-refractivity contribution < 1.29 is 4.79 Å². The van der Waals surface area contributed by atoms with Gasteiger partial charge in [0, 0.05) is 31.2 Å². The lowest BCUT2D eigenvalue weighted by Crippen LogP contribution is -2.35. The summed E-state index contributed by atoms with van der Waals surface area (Å²) in [6.45, 7) is 7.32. The van der Waals surface area contributed by atoms with Gasteiger partial charge in [0.25, 0.3) is 0 Å². The number of anilines is 1. The lowest BCUT2D eigenvalue weighted by Gasteiger charge is -2.33. The minimum Gasteiger partial charge on any atom is -0.372 e. The summed E-state index contributed by atoms with van der Waals surface area (Å²) in [5, 5.41) is 3.43. The van der Waals surface area contributed by atoms with Gasteiger partial charge in [-0.05, 0) is 49.9 Å². The van der Waals surface area contributed by atoms with Crippen LogP contribution in [0.5, 0.6) is 0 Å². The molecule has 0 radical (unpaired) electrons. The van der Waals surface area contributed by atoms with Crippen molar-refractivity contribution in [3.05, 3.63) is 29.8 Å². The Morgan fingerprint density at radius 3 is 2.48 bits per heavy atom. The van der Waals surface area contributed by atoms with Gasteiger partial charge in [-0.25, -0.2) is 0 Å². The Bertz CT molecular complexity index is 450. The second-order valence-electron chi connectivity index (χ2n) is 5.97. The van der Waals surface area contributed by atoms with Gasteiger partial charge in [0.05, 0.1) is 0 Å². The summed E-state index contributed by atoms with van der Waals surface area (Å²) in [5.74, 6) is 0.294. The highest BCUT2D eigenvalue weighted by molar-refractivity contribution is 5.74. The van der Waals surface area contributed by atoms with Crippen LogP contribution in [0.25, 0.3) is 0 Å². The third-order valence-corrected chi connectivity index (χ3v) is 4.37. The van der Waals surface area contributed by atoms with Gasteiger partial charge in [0.1, 0.15) is 0 Å². The molecule has 0 aromatic heterocycles. The molecule has 1 amide bonds. The number of amides is 1. The van der Waals surface area contributed by atoms with Gasteiger partial charge < -0.3 is 16.0 Å². The molecular weight excluding hydrogens is 262 g/mol. The van der Waals surface area contributed by atoms with Crippen LogP contribution >= 0.6 is 0 Å². The monoisotopic (exact) mass is 289 g/mol. The molecule has 21 heavy (non-hydrogen) atoms. The minimum atomic E-state index is -0.171. The van der Waals surface area contributed by atoms with Crippen LogP contribution in [0.1, 0.15) is 44.7 Å². The van der Waals surface area contributed by atoms with E-state index < -0.39 is 0 Å². The van der Waals surface area contributed by atoms with Crippen molar-refractivity contribution in [3.63, 3.8) is 0 Å². The highest BCUT2D eigenvalue weighted by atomic mass is 16.1. The van der Waals surface area contributed by atoms with Gasteiger partial charge in [-0.1, -0.05) is 19.1 Å². The van der Waals surface area contributed by atoms with Crippen molar-refractivity contribution in [1.82, 2.24) is 5.32 Å². The number of nitrogens with two attached hydrogens (primary N) is 1. The fourth-order valence-electron chi connectivity index (χ4n) is 3.08. The third-order valence-electron chi connectivity index (χ3n) is 4.37. The summed E-state index contributed by atoms with van der Waals surface area (Å²) in [4.78, 5) is 13.4. The van der Waals surface area contributed by atoms with Gasteiger partial charge in [-0.3, -0.25) is 4.79 Å². The van der Waals surface area contributed by atoms with E-state index in [2.05, 4.69) is 48.3 Å². The van der Waals surface area contributed by atoms with Crippen molar-refractivity contribution in [1.29, 1.82) is 0 Å². The number of hydrogen-bond acceptors (Lipinski definition) is 3. The number of benzene rings is 1. The molecule has 1 aromatic rings. The fourth-order valence-corrected chi connectivity index (χ4v) is 3.08. The highest BCUT2D eigenvalue weighted by Crippen LogP contribution is 2.26. The van der Waals surface area contributed by atoms with E-state index >= 15 is 0 Å². The van der Waals surface area contributed by atoms with Gasteiger partial charge in [-0.2, -0.15) is 0 Å². The average molecular weight is 289 g/mol. The molecule has 1 unspecified atom stereocenters. The standard InChI is InChI=1S/C17H27N3O/c1-3-19-13(2)15-4-6-16(7-5-15)20-10-8-14(9-11-20)12-17(18)21/h4-7,13-14,19H,3,8-12H2,1-2H3,(H2,18,21). The summed E-state index contributed by atoms with van der Waals surface area (Å²) in [7, 11) is 0. The Morgan fingerprint density at radius 2 is 1.95 bits per heavy atom. The van der Waals surface area contributed by atoms with Crippen LogP contribution in [-0.2, 0) is 4.79 Å². The smallest absolute Gasteiger partial charge is 0.217 e. The zero-order chi connectivity index (χ0) is 15.2. The van der Waals surface area contributed by atoms with Crippen LogP contribution < -0.4 is 16.0 Å². The topological polar surface area (TPSA) is 58.4 Å². The van der Waals surface area contributed by atoms with E-state index in [9.17, 15) is 4.79 Å². The quantitative estimate of drug-likeness (QED) is 0.845. The molecule has 1 aromatic carbocycles. The zero-order valence-corrected chi connectivity index (χ0v) is 13.1. The van der Waals surface area contributed by atoms with E-state index in [-0.39, 0.29) is 5.91 Å². The van der Waals surface area contributed by atoms with Gasteiger partial charge in [-0.15, -0.1) is 0 Å². The van der Waals surface area contributed by atoms with Crippen molar-refractivity contribution in [2.24, 2.45) is 11.7 Å². The molecule has 1 aliphatic rings. The molecule has 0 spiro atoms. The number of carbonyl (C=O) groups is 1. The van der Waals surface area contributed by atoms with E-state index in [0.29, 0.717) is 18.4 Å². The van der Waals surface area contributed by atoms with Crippen molar-refractivity contribution in [2.45, 2.75) is 39.2 Å². The molecule has 4 nitrogen and oxygen atoms in total. The first-order valence-electron chi connectivity index (χ1n) is 7.96. The van der Waals surface area contributed by atoms with Crippen LogP contribution in [-0.4, -0.2) is 25.5 Å². The molecule has 3 N–H and O–H groups in total. The number of primary amides is 1. The van der Waals surface area contributed by atoms with Crippen molar-refractivity contribution in [3.8, 4) is 0 Å². The Hall–Kier alpha value is -1.55. The Labute approximate surface area is 127 Å². The maximum atomic E-state index is 11.0. The lowest BCUT2D eigenvalue weighted by atomic mass is 9.93. The van der Waals surface area contributed by atoms with E-state index in [4.69, 9.17) is 5.73 Å². The first-order chi connectivity index (χ1) is 10.1. The summed E-state index contributed by atoms with van der Waals surface area (Å²) in [5.41, 5.74) is 7.88. The first kappa shape index (κ1) is 15.8. The van der Waals surface area contributed by atoms with Gasteiger partial charge >= 0.3 is 0 Å². The molecule has 0 aliphatic carbocycles. The first-order valence-corrected chi connectivity index (χ1v) is 7.96. The SMILES string of the molecule is CCNC(C)c1ccc(N2CCC(CC(N)=O)CC2)cc1. The number of piperidine rings is 1. The molecule has 1 fully saturated rings. The van der Waals surface area contributed by atoms with Crippen LogP contribution in [0, 0.1) is 5.92 Å². The fraction of sp³-hybridized carbons (Fsp3) is 0.588. The van der Waals surface area contributed by atoms with Crippen LogP contribution in [0.2, 0.25) is 0 Å². The van der Waals surface area contributed by atoms with Crippen LogP contribution in [0.3, 0.4) is 0 Å². The largest absolute Gasteiger partial charge is 0.372 e. The Kier molecular flexibility index (Phi) is 5.62. The van der Waals surface area contributed by atoms with E-state index in [1.54, 1.807) is 0 Å². The summed E-state index contributed by atoms with van der Waals surface area (Å²) in [6, 6.07) is 9.22. The molecular formula is C17H27N3O. The number of nitrogens with zero attached hydrogens (tertiary/aromatic N) is 1. The third kappa shape index (κ3) is 4.46. The van der Waals surface area contributed by atoms with Gasteiger partial charge in [0.15, 0.2) is 0 Å². The zero-order valence-electron chi connectivity index (χ0n) is 13.1. The van der Waals surface area contributed by atoms with Crippen molar-refractivity contribution in [2.75, 3.05) is 24.5 Å². The van der Waals surface area contributed by atoms with E-state index in [1.165, 1.54) is 11.3 Å². The summed E-state index contributed by atoms with van der Waals surface area (Å²) >= 11 is 0.